The van der Waals surface area contributed by atoms with E-state index in [1.54, 1.807) is 30.2 Å². The molecule has 1 atom stereocenters. The largest absolute Gasteiger partial charge is 0.493 e. The van der Waals surface area contributed by atoms with E-state index in [1.807, 2.05) is 42.5 Å². The van der Waals surface area contributed by atoms with Gasteiger partial charge in [0.05, 0.1) is 19.8 Å². The van der Waals surface area contributed by atoms with Crippen LogP contribution in [0.3, 0.4) is 0 Å². The van der Waals surface area contributed by atoms with Gasteiger partial charge in [-0.3, -0.25) is 9.59 Å². The lowest BCUT2D eigenvalue weighted by Crippen LogP contribution is -2.27. The standard InChI is InChI=1S/C29H28N2O5/c1-35-25-13-12-20(15-26(25)36-21-6-2-3-7-21)30-17-19-11-10-18(14-24(19)29(30)34)16-31-27(32)22-8-4-5-9-23(22)28(31)33/h4-5,8-15,21,27,32H,2-3,6-7,16-17H2,1H3. The van der Waals surface area contributed by atoms with E-state index >= 15 is 0 Å². The van der Waals surface area contributed by atoms with E-state index in [1.165, 1.54) is 17.7 Å². The average Bonchev–Trinajstić information content (AvgIpc) is 3.59. The van der Waals surface area contributed by atoms with Crippen molar-refractivity contribution in [1.82, 2.24) is 4.90 Å². The molecule has 1 aliphatic carbocycles. The Morgan fingerprint density at radius 2 is 1.72 bits per heavy atom. The van der Waals surface area contributed by atoms with E-state index in [4.69, 9.17) is 9.47 Å². The molecule has 184 valence electrons. The van der Waals surface area contributed by atoms with E-state index < -0.39 is 6.23 Å². The summed E-state index contributed by atoms with van der Waals surface area (Å²) < 4.78 is 11.7. The van der Waals surface area contributed by atoms with Gasteiger partial charge in [0.2, 0.25) is 0 Å². The summed E-state index contributed by atoms with van der Waals surface area (Å²) >= 11 is 0. The summed E-state index contributed by atoms with van der Waals surface area (Å²) in [7, 11) is 1.62. The Labute approximate surface area is 209 Å². The topological polar surface area (TPSA) is 79.3 Å². The molecule has 1 saturated carbocycles. The lowest BCUT2D eigenvalue weighted by atomic mass is 10.1. The summed E-state index contributed by atoms with van der Waals surface area (Å²) in [5, 5.41) is 10.7. The Hall–Kier alpha value is -3.84. The van der Waals surface area contributed by atoms with Gasteiger partial charge in [0.15, 0.2) is 17.7 Å². The highest BCUT2D eigenvalue weighted by Crippen LogP contribution is 2.38. The minimum absolute atomic E-state index is 0.0968. The maximum atomic E-state index is 13.4. The van der Waals surface area contributed by atoms with Crippen molar-refractivity contribution in [1.29, 1.82) is 0 Å². The first-order valence-corrected chi connectivity index (χ1v) is 12.4. The van der Waals surface area contributed by atoms with Crippen molar-refractivity contribution in [2.75, 3.05) is 12.0 Å². The van der Waals surface area contributed by atoms with Gasteiger partial charge in [-0.15, -0.1) is 0 Å². The monoisotopic (exact) mass is 484 g/mol. The number of carbonyl (C=O) groups is 2. The van der Waals surface area contributed by atoms with E-state index in [-0.39, 0.29) is 24.5 Å². The number of hydrogen-bond acceptors (Lipinski definition) is 5. The maximum Gasteiger partial charge on any atom is 0.258 e. The molecule has 1 fully saturated rings. The number of nitrogens with zero attached hydrogens (tertiary/aromatic N) is 2. The van der Waals surface area contributed by atoms with E-state index in [0.717, 1.165) is 29.7 Å². The van der Waals surface area contributed by atoms with Gasteiger partial charge in [-0.05, 0) is 61.1 Å². The number of benzene rings is 3. The fourth-order valence-electron chi connectivity index (χ4n) is 5.47. The molecule has 0 bridgehead atoms. The number of fused-ring (bicyclic) bond motifs is 2. The molecule has 0 spiro atoms. The zero-order valence-electron chi connectivity index (χ0n) is 20.1. The Morgan fingerprint density at radius 1 is 0.917 bits per heavy atom. The smallest absolute Gasteiger partial charge is 0.258 e. The van der Waals surface area contributed by atoms with Crippen molar-refractivity contribution in [3.8, 4) is 11.5 Å². The zero-order chi connectivity index (χ0) is 24.8. The molecular weight excluding hydrogens is 456 g/mol. The Balaban J connectivity index is 1.23. The molecule has 36 heavy (non-hydrogen) atoms. The van der Waals surface area contributed by atoms with Gasteiger partial charge < -0.3 is 24.4 Å². The van der Waals surface area contributed by atoms with Crippen LogP contribution in [-0.2, 0) is 13.1 Å². The molecule has 1 unspecified atom stereocenters. The van der Waals surface area contributed by atoms with Crippen LogP contribution in [0.15, 0.2) is 60.7 Å². The molecule has 3 aromatic rings. The van der Waals surface area contributed by atoms with Crippen LogP contribution in [-0.4, -0.2) is 35.0 Å². The first-order chi connectivity index (χ1) is 17.5. The van der Waals surface area contributed by atoms with Crippen LogP contribution < -0.4 is 14.4 Å². The highest BCUT2D eigenvalue weighted by atomic mass is 16.5. The van der Waals surface area contributed by atoms with Gasteiger partial charge in [0.25, 0.3) is 11.8 Å². The SMILES string of the molecule is COc1ccc(N2Cc3ccc(CN4C(=O)c5ccccc5C4O)cc3C2=O)cc1OC1CCCC1. The van der Waals surface area contributed by atoms with Crippen LogP contribution in [0.25, 0.3) is 0 Å². The lowest BCUT2D eigenvalue weighted by Gasteiger charge is -2.21. The molecule has 2 aliphatic heterocycles. The second kappa shape index (κ2) is 8.99. The van der Waals surface area contributed by atoms with Crippen LogP contribution in [0.2, 0.25) is 0 Å². The summed E-state index contributed by atoms with van der Waals surface area (Å²) in [6.45, 7) is 0.678. The van der Waals surface area contributed by atoms with E-state index in [0.29, 0.717) is 34.7 Å². The van der Waals surface area contributed by atoms with E-state index in [9.17, 15) is 14.7 Å². The summed E-state index contributed by atoms with van der Waals surface area (Å²) in [5.41, 5.74) is 4.22. The van der Waals surface area contributed by atoms with Crippen molar-refractivity contribution in [2.45, 2.75) is 51.1 Å². The Bertz CT molecular complexity index is 1350. The fraction of sp³-hybridized carbons (Fsp3) is 0.310. The average molecular weight is 485 g/mol. The number of amides is 2. The molecule has 3 aliphatic rings. The van der Waals surface area contributed by atoms with Crippen molar-refractivity contribution in [2.24, 2.45) is 0 Å². The molecule has 0 saturated heterocycles. The number of ether oxygens (including phenoxy) is 2. The number of carbonyl (C=O) groups excluding carboxylic acids is 2. The van der Waals surface area contributed by atoms with Gasteiger partial charge in [-0.2, -0.15) is 0 Å². The quantitative estimate of drug-likeness (QED) is 0.543. The minimum atomic E-state index is -0.994. The molecule has 7 heteroatoms. The number of hydrogen-bond donors (Lipinski definition) is 1. The molecule has 7 nitrogen and oxygen atoms in total. The predicted molar refractivity (Wildman–Crippen MR) is 134 cm³/mol. The van der Waals surface area contributed by atoms with Crippen molar-refractivity contribution in [3.63, 3.8) is 0 Å². The number of methoxy groups -OCH3 is 1. The number of rotatable bonds is 6. The van der Waals surface area contributed by atoms with Crippen LogP contribution in [0.4, 0.5) is 5.69 Å². The number of aliphatic hydroxyl groups is 1. The molecule has 3 aromatic carbocycles. The maximum absolute atomic E-state index is 13.4. The lowest BCUT2D eigenvalue weighted by molar-refractivity contribution is 0.0137. The predicted octanol–water partition coefficient (Wildman–Crippen LogP) is 4.82. The highest BCUT2D eigenvalue weighted by molar-refractivity contribution is 6.10. The van der Waals surface area contributed by atoms with Gasteiger partial charge in [-0.25, -0.2) is 0 Å². The second-order valence-electron chi connectivity index (χ2n) is 9.64. The minimum Gasteiger partial charge on any atom is -0.493 e. The highest BCUT2D eigenvalue weighted by Gasteiger charge is 2.36. The zero-order valence-corrected chi connectivity index (χ0v) is 20.1. The van der Waals surface area contributed by atoms with Gasteiger partial charge >= 0.3 is 0 Å². The number of aliphatic hydroxyl groups excluding tert-OH is 1. The molecule has 0 aromatic heterocycles. The van der Waals surface area contributed by atoms with Crippen molar-refractivity contribution in [3.05, 3.63) is 88.5 Å². The first kappa shape index (κ1) is 22.6. The third-order valence-electron chi connectivity index (χ3n) is 7.41. The molecular formula is C29H28N2O5. The normalized spacial score (nSPS) is 19.1. The van der Waals surface area contributed by atoms with Crippen molar-refractivity contribution >= 4 is 17.5 Å². The van der Waals surface area contributed by atoms with Gasteiger partial charge in [0, 0.05) is 35.0 Å². The fourth-order valence-corrected chi connectivity index (χ4v) is 5.47. The summed E-state index contributed by atoms with van der Waals surface area (Å²) in [5.74, 6) is 1.01. The molecule has 1 N–H and O–H groups in total. The Kier molecular flexibility index (Phi) is 5.64. The molecule has 0 radical (unpaired) electrons. The van der Waals surface area contributed by atoms with Crippen LogP contribution in [0.5, 0.6) is 11.5 Å². The third kappa shape index (κ3) is 3.80. The van der Waals surface area contributed by atoms with E-state index in [2.05, 4.69) is 0 Å². The molecule has 2 amide bonds. The van der Waals surface area contributed by atoms with Crippen LogP contribution in [0.1, 0.15) is 69.3 Å². The molecule has 6 rings (SSSR count). The molecule has 2 heterocycles. The van der Waals surface area contributed by atoms with Crippen LogP contribution >= 0.6 is 0 Å². The third-order valence-corrected chi connectivity index (χ3v) is 7.41. The van der Waals surface area contributed by atoms with Crippen molar-refractivity contribution < 1.29 is 24.2 Å². The van der Waals surface area contributed by atoms with Gasteiger partial charge in [-0.1, -0.05) is 30.3 Å². The number of anilines is 1. The summed E-state index contributed by atoms with van der Waals surface area (Å²) in [6.07, 6.45) is 3.58. The Morgan fingerprint density at radius 3 is 2.50 bits per heavy atom. The second-order valence-corrected chi connectivity index (χ2v) is 9.64. The summed E-state index contributed by atoms with van der Waals surface area (Å²) in [4.78, 5) is 29.4. The first-order valence-electron chi connectivity index (χ1n) is 12.4. The summed E-state index contributed by atoms with van der Waals surface area (Å²) in [6, 6.07) is 18.4. The van der Waals surface area contributed by atoms with Gasteiger partial charge in [0.1, 0.15) is 0 Å². The van der Waals surface area contributed by atoms with Crippen LogP contribution in [0, 0.1) is 0 Å².